The predicted molar refractivity (Wildman–Crippen MR) is 108 cm³/mol. The third kappa shape index (κ3) is 4.28. The number of benzene rings is 1. The van der Waals surface area contributed by atoms with Gasteiger partial charge in [-0.25, -0.2) is 4.98 Å². The number of nitrogens with two attached hydrogens (primary N) is 1. The summed E-state index contributed by atoms with van der Waals surface area (Å²) in [4.78, 5) is 20.1. The third-order valence-electron chi connectivity index (χ3n) is 4.63. The molecule has 0 unspecified atom stereocenters. The molecule has 8 heteroatoms. The first kappa shape index (κ1) is 18.0. The molecule has 2 aromatic heterocycles. The van der Waals surface area contributed by atoms with Crippen molar-refractivity contribution in [3.8, 4) is 11.3 Å². The SMILES string of the molecule is Cn1ccc(-c2cccc(Nc3ncc(C4CC4)c(NCCC(N)=O)n3)c2)n1. The summed E-state index contributed by atoms with van der Waals surface area (Å²) in [6.45, 7) is 0.459. The van der Waals surface area contributed by atoms with E-state index in [0.29, 0.717) is 18.4 Å². The normalized spacial score (nSPS) is 13.3. The molecule has 1 aliphatic carbocycles. The fraction of sp³-hybridized carbons (Fsp3) is 0.300. The Morgan fingerprint density at radius 2 is 2.18 bits per heavy atom. The van der Waals surface area contributed by atoms with Gasteiger partial charge < -0.3 is 16.4 Å². The first-order valence-corrected chi connectivity index (χ1v) is 9.35. The second-order valence-electron chi connectivity index (χ2n) is 7.00. The number of anilines is 3. The molecule has 28 heavy (non-hydrogen) atoms. The zero-order chi connectivity index (χ0) is 19.5. The topological polar surface area (TPSA) is 111 Å². The van der Waals surface area contributed by atoms with Gasteiger partial charge in [0, 0.05) is 49.2 Å². The maximum absolute atomic E-state index is 11.0. The highest BCUT2D eigenvalue weighted by molar-refractivity contribution is 5.74. The number of nitrogens with one attached hydrogen (secondary N) is 2. The van der Waals surface area contributed by atoms with Crippen molar-refractivity contribution in [2.75, 3.05) is 17.2 Å². The van der Waals surface area contributed by atoms with E-state index in [-0.39, 0.29) is 12.3 Å². The fourth-order valence-electron chi connectivity index (χ4n) is 3.04. The summed E-state index contributed by atoms with van der Waals surface area (Å²) < 4.78 is 1.78. The number of aromatic nitrogens is 4. The molecule has 0 atom stereocenters. The standard InChI is InChI=1S/C20H23N7O/c1-27-10-8-17(26-27)14-3-2-4-15(11-14)24-20-23-12-16(13-5-6-13)19(25-20)22-9-7-18(21)28/h2-4,8,10-13H,5-7,9H2,1H3,(H2,21,28)(H2,22,23,24,25). The molecule has 1 fully saturated rings. The third-order valence-corrected chi connectivity index (χ3v) is 4.63. The molecular weight excluding hydrogens is 354 g/mol. The van der Waals surface area contributed by atoms with Gasteiger partial charge in [0.2, 0.25) is 11.9 Å². The van der Waals surface area contributed by atoms with Gasteiger partial charge in [-0.1, -0.05) is 12.1 Å². The van der Waals surface area contributed by atoms with E-state index in [0.717, 1.165) is 41.2 Å². The summed E-state index contributed by atoms with van der Waals surface area (Å²) in [5, 5.41) is 10.9. The Balaban J connectivity index is 1.53. The van der Waals surface area contributed by atoms with Crippen LogP contribution in [0.15, 0.2) is 42.7 Å². The second-order valence-corrected chi connectivity index (χ2v) is 7.00. The summed E-state index contributed by atoms with van der Waals surface area (Å²) in [6.07, 6.45) is 6.34. The molecule has 0 spiro atoms. The lowest BCUT2D eigenvalue weighted by atomic mass is 10.1. The largest absolute Gasteiger partial charge is 0.370 e. The number of amides is 1. The Morgan fingerprint density at radius 3 is 2.89 bits per heavy atom. The van der Waals surface area contributed by atoms with E-state index in [2.05, 4.69) is 25.7 Å². The summed E-state index contributed by atoms with van der Waals surface area (Å²) in [6, 6.07) is 9.94. The minimum absolute atomic E-state index is 0.267. The van der Waals surface area contributed by atoms with Crippen LogP contribution < -0.4 is 16.4 Å². The number of nitrogens with zero attached hydrogens (tertiary/aromatic N) is 4. The Morgan fingerprint density at radius 1 is 1.32 bits per heavy atom. The number of hydrogen-bond acceptors (Lipinski definition) is 6. The molecular formula is C20H23N7O. The highest BCUT2D eigenvalue weighted by Gasteiger charge is 2.27. The molecule has 2 heterocycles. The van der Waals surface area contributed by atoms with Crippen molar-refractivity contribution in [3.63, 3.8) is 0 Å². The number of rotatable bonds is 8. The van der Waals surface area contributed by atoms with Crippen LogP contribution in [0.25, 0.3) is 11.3 Å². The van der Waals surface area contributed by atoms with E-state index in [1.807, 2.05) is 49.8 Å². The second kappa shape index (κ2) is 7.67. The van der Waals surface area contributed by atoms with Crippen molar-refractivity contribution in [1.29, 1.82) is 0 Å². The molecule has 1 aliphatic rings. The Kier molecular flexibility index (Phi) is 4.92. The van der Waals surface area contributed by atoms with Gasteiger partial charge in [0.25, 0.3) is 0 Å². The van der Waals surface area contributed by atoms with Crippen LogP contribution in [-0.4, -0.2) is 32.2 Å². The van der Waals surface area contributed by atoms with Crippen molar-refractivity contribution in [2.45, 2.75) is 25.2 Å². The van der Waals surface area contributed by atoms with Crippen LogP contribution in [-0.2, 0) is 11.8 Å². The van der Waals surface area contributed by atoms with Gasteiger partial charge >= 0.3 is 0 Å². The molecule has 0 saturated heterocycles. The van der Waals surface area contributed by atoms with Crippen molar-refractivity contribution < 1.29 is 4.79 Å². The molecule has 8 nitrogen and oxygen atoms in total. The summed E-state index contributed by atoms with van der Waals surface area (Å²) >= 11 is 0. The van der Waals surface area contributed by atoms with Crippen LogP contribution in [0.4, 0.5) is 17.5 Å². The quantitative estimate of drug-likeness (QED) is 0.557. The number of aryl methyl sites for hydroxylation is 1. The summed E-state index contributed by atoms with van der Waals surface area (Å²) in [5.41, 5.74) is 9.13. The van der Waals surface area contributed by atoms with Crippen LogP contribution >= 0.6 is 0 Å². The van der Waals surface area contributed by atoms with E-state index in [1.165, 1.54) is 0 Å². The molecule has 0 aliphatic heterocycles. The van der Waals surface area contributed by atoms with Crippen molar-refractivity contribution in [2.24, 2.45) is 12.8 Å². The molecule has 1 amide bonds. The molecule has 1 aromatic carbocycles. The number of carbonyl (C=O) groups is 1. The van der Waals surface area contributed by atoms with Gasteiger partial charge in [0.1, 0.15) is 5.82 Å². The Labute approximate surface area is 163 Å². The smallest absolute Gasteiger partial charge is 0.229 e. The molecule has 144 valence electrons. The highest BCUT2D eigenvalue weighted by Crippen LogP contribution is 2.42. The monoisotopic (exact) mass is 377 g/mol. The number of primary amides is 1. The van der Waals surface area contributed by atoms with E-state index in [4.69, 9.17) is 5.73 Å². The van der Waals surface area contributed by atoms with Crippen LogP contribution in [0.2, 0.25) is 0 Å². The Bertz CT molecular complexity index is 994. The summed E-state index contributed by atoms with van der Waals surface area (Å²) in [5.74, 6) is 1.43. The Hall–Kier alpha value is -3.42. The van der Waals surface area contributed by atoms with E-state index in [9.17, 15) is 4.79 Å². The number of hydrogen-bond donors (Lipinski definition) is 3. The number of carbonyl (C=O) groups excluding carboxylic acids is 1. The van der Waals surface area contributed by atoms with Gasteiger partial charge in [0.05, 0.1) is 5.69 Å². The molecule has 1 saturated carbocycles. The fourth-order valence-corrected chi connectivity index (χ4v) is 3.04. The van der Waals surface area contributed by atoms with Crippen molar-refractivity contribution >= 4 is 23.4 Å². The average Bonchev–Trinajstić information content (AvgIpc) is 3.42. The van der Waals surface area contributed by atoms with Gasteiger partial charge in [-0.3, -0.25) is 9.48 Å². The van der Waals surface area contributed by atoms with E-state index in [1.54, 1.807) is 4.68 Å². The maximum atomic E-state index is 11.0. The molecule has 3 aromatic rings. The van der Waals surface area contributed by atoms with Crippen LogP contribution in [0, 0.1) is 0 Å². The van der Waals surface area contributed by atoms with Gasteiger partial charge in [-0.15, -0.1) is 0 Å². The lowest BCUT2D eigenvalue weighted by Gasteiger charge is -2.12. The van der Waals surface area contributed by atoms with Gasteiger partial charge in [-0.05, 0) is 37.0 Å². The zero-order valence-corrected chi connectivity index (χ0v) is 15.7. The minimum atomic E-state index is -0.334. The van der Waals surface area contributed by atoms with E-state index < -0.39 is 0 Å². The predicted octanol–water partition coefficient (Wildman–Crippen LogP) is 2.79. The van der Waals surface area contributed by atoms with Gasteiger partial charge in [-0.2, -0.15) is 10.1 Å². The maximum Gasteiger partial charge on any atom is 0.229 e. The highest BCUT2D eigenvalue weighted by atomic mass is 16.1. The lowest BCUT2D eigenvalue weighted by molar-refractivity contribution is -0.117. The molecule has 0 bridgehead atoms. The van der Waals surface area contributed by atoms with E-state index >= 15 is 0 Å². The van der Waals surface area contributed by atoms with Gasteiger partial charge in [0.15, 0.2) is 0 Å². The van der Waals surface area contributed by atoms with Crippen LogP contribution in [0.5, 0.6) is 0 Å². The first-order chi connectivity index (χ1) is 13.6. The van der Waals surface area contributed by atoms with Crippen molar-refractivity contribution in [1.82, 2.24) is 19.7 Å². The molecule has 4 N–H and O–H groups in total. The summed E-state index contributed by atoms with van der Waals surface area (Å²) in [7, 11) is 1.90. The first-order valence-electron chi connectivity index (χ1n) is 9.35. The zero-order valence-electron chi connectivity index (χ0n) is 15.7. The lowest BCUT2D eigenvalue weighted by Crippen LogP contribution is -2.17. The molecule has 0 radical (unpaired) electrons. The minimum Gasteiger partial charge on any atom is -0.370 e. The van der Waals surface area contributed by atoms with Crippen molar-refractivity contribution in [3.05, 3.63) is 48.3 Å². The van der Waals surface area contributed by atoms with Crippen LogP contribution in [0.1, 0.15) is 30.7 Å². The average molecular weight is 377 g/mol. The molecule has 4 rings (SSSR count). The van der Waals surface area contributed by atoms with Crippen LogP contribution in [0.3, 0.4) is 0 Å².